The molecule has 8 heteroatoms. The fourth-order valence-corrected chi connectivity index (χ4v) is 3.74. The van der Waals surface area contributed by atoms with Gasteiger partial charge >= 0.3 is 0 Å². The smallest absolute Gasteiger partial charge is 0.250 e. The van der Waals surface area contributed by atoms with Crippen LogP contribution in [-0.2, 0) is 35.2 Å². The molecular formula is C16H25NO5P2. The molecule has 0 saturated carbocycles. The van der Waals surface area contributed by atoms with Crippen molar-refractivity contribution in [2.24, 2.45) is 0 Å². The highest BCUT2D eigenvalue weighted by molar-refractivity contribution is 7.46. The van der Waals surface area contributed by atoms with Crippen LogP contribution in [0.1, 0.15) is 18.1 Å². The Morgan fingerprint density at radius 2 is 1.38 bits per heavy atom. The van der Waals surface area contributed by atoms with E-state index in [2.05, 4.69) is 18.0 Å². The molecule has 1 N–H and O–H groups in total. The second-order valence-electron chi connectivity index (χ2n) is 4.98. The maximum Gasteiger partial charge on any atom is 0.250 e. The topological polar surface area (TPSA) is 66.0 Å². The minimum Gasteiger partial charge on any atom is -0.337 e. The van der Waals surface area contributed by atoms with E-state index in [1.807, 2.05) is 12.1 Å². The molecule has 0 bridgehead atoms. The van der Waals surface area contributed by atoms with Crippen LogP contribution in [0.3, 0.4) is 0 Å². The van der Waals surface area contributed by atoms with Crippen LogP contribution in [0.2, 0.25) is 0 Å². The van der Waals surface area contributed by atoms with E-state index < -0.39 is 16.8 Å². The summed E-state index contributed by atoms with van der Waals surface area (Å²) >= 11 is 0. The van der Waals surface area contributed by atoms with Crippen molar-refractivity contribution in [2.45, 2.75) is 19.2 Å². The van der Waals surface area contributed by atoms with Crippen molar-refractivity contribution in [3.8, 4) is 0 Å². The average Bonchev–Trinajstić information content (AvgIpc) is 2.57. The number of hydrogen-bond donors (Lipinski definition) is 1. The standard InChI is InChI=1S/C16H25NO5P2/c1-12(2)16(18)17-15-8-13(10-23(19-3)20-4)7-14(9-15)11-24(21-5)22-6/h7-9H,1,10-11H2,2-6H3,(H,17,18). The molecule has 1 rings (SSSR count). The van der Waals surface area contributed by atoms with E-state index in [0.717, 1.165) is 11.1 Å². The first-order valence-electron chi connectivity index (χ1n) is 7.24. The summed E-state index contributed by atoms with van der Waals surface area (Å²) < 4.78 is 21.3. The Morgan fingerprint density at radius 1 is 0.958 bits per heavy atom. The molecule has 0 radical (unpaired) electrons. The van der Waals surface area contributed by atoms with Gasteiger partial charge in [0, 0.05) is 52.0 Å². The van der Waals surface area contributed by atoms with Crippen LogP contribution in [-0.4, -0.2) is 34.3 Å². The summed E-state index contributed by atoms with van der Waals surface area (Å²) in [4.78, 5) is 11.9. The van der Waals surface area contributed by atoms with E-state index in [0.29, 0.717) is 23.6 Å². The van der Waals surface area contributed by atoms with Gasteiger partial charge in [-0.25, -0.2) is 0 Å². The van der Waals surface area contributed by atoms with Crippen molar-refractivity contribution >= 4 is 28.3 Å². The third kappa shape index (κ3) is 6.94. The van der Waals surface area contributed by atoms with Crippen molar-refractivity contribution in [3.05, 3.63) is 41.5 Å². The average molecular weight is 373 g/mol. The number of hydrogen-bond acceptors (Lipinski definition) is 5. The van der Waals surface area contributed by atoms with Crippen LogP contribution in [0.15, 0.2) is 30.4 Å². The molecule has 0 atom stereocenters. The molecule has 0 aromatic heterocycles. The third-order valence-corrected chi connectivity index (χ3v) is 6.01. The first kappa shape index (κ1) is 21.2. The Balaban J connectivity index is 3.08. The predicted molar refractivity (Wildman–Crippen MR) is 99.2 cm³/mol. The fraction of sp³-hybridized carbons (Fsp3) is 0.438. The second-order valence-corrected chi connectivity index (χ2v) is 8.41. The van der Waals surface area contributed by atoms with Gasteiger partial charge in [-0.15, -0.1) is 0 Å². The lowest BCUT2D eigenvalue weighted by molar-refractivity contribution is -0.112. The van der Waals surface area contributed by atoms with Gasteiger partial charge in [0.15, 0.2) is 16.8 Å². The monoisotopic (exact) mass is 373 g/mol. The second kappa shape index (κ2) is 10.9. The lowest BCUT2D eigenvalue weighted by atomic mass is 10.1. The Bertz CT molecular complexity index is 527. The molecule has 1 amide bonds. The minimum absolute atomic E-state index is 0.209. The summed E-state index contributed by atoms with van der Waals surface area (Å²) in [7, 11) is 4.48. The van der Waals surface area contributed by atoms with Crippen molar-refractivity contribution in [2.75, 3.05) is 33.8 Å². The molecule has 1 aromatic rings. The van der Waals surface area contributed by atoms with Crippen LogP contribution < -0.4 is 5.32 Å². The highest BCUT2D eigenvalue weighted by atomic mass is 31.2. The summed E-state index contributed by atoms with van der Waals surface area (Å²) in [5.41, 5.74) is 3.19. The lowest BCUT2D eigenvalue weighted by Gasteiger charge is -2.17. The predicted octanol–water partition coefficient (Wildman–Crippen LogP) is 4.41. The molecule has 0 spiro atoms. The van der Waals surface area contributed by atoms with Gasteiger partial charge in [0.25, 0.3) is 5.91 Å². The number of carbonyl (C=O) groups is 1. The van der Waals surface area contributed by atoms with Crippen molar-refractivity contribution in [3.63, 3.8) is 0 Å². The summed E-state index contributed by atoms with van der Waals surface area (Å²) in [6, 6.07) is 5.89. The van der Waals surface area contributed by atoms with Gasteiger partial charge in [0.1, 0.15) is 0 Å². The number of nitrogens with one attached hydrogen (secondary N) is 1. The van der Waals surface area contributed by atoms with Crippen molar-refractivity contribution in [1.29, 1.82) is 0 Å². The molecule has 0 aliphatic carbocycles. The minimum atomic E-state index is -1.01. The van der Waals surface area contributed by atoms with Gasteiger partial charge < -0.3 is 23.4 Å². The van der Waals surface area contributed by atoms with Gasteiger partial charge in [-0.05, 0) is 30.2 Å². The molecule has 134 valence electrons. The van der Waals surface area contributed by atoms with E-state index in [4.69, 9.17) is 18.1 Å². The Labute approximate surface area is 146 Å². The van der Waals surface area contributed by atoms with Crippen molar-refractivity contribution in [1.82, 2.24) is 0 Å². The molecule has 0 saturated heterocycles. The normalized spacial score (nSPS) is 11.1. The maximum absolute atomic E-state index is 11.9. The molecule has 1 aromatic carbocycles. The largest absolute Gasteiger partial charge is 0.337 e. The van der Waals surface area contributed by atoms with E-state index in [1.165, 1.54) is 0 Å². The van der Waals surface area contributed by atoms with Crippen LogP contribution in [0.5, 0.6) is 0 Å². The SMILES string of the molecule is C=C(C)C(=O)Nc1cc(CP(OC)OC)cc(CP(OC)OC)c1. The van der Waals surface area contributed by atoms with Gasteiger partial charge in [-0.3, -0.25) is 4.79 Å². The van der Waals surface area contributed by atoms with Crippen LogP contribution >= 0.6 is 16.8 Å². The highest BCUT2D eigenvalue weighted by Crippen LogP contribution is 2.43. The highest BCUT2D eigenvalue weighted by Gasteiger charge is 2.14. The Kier molecular flexibility index (Phi) is 9.60. The Hall–Kier alpha value is -0.870. The third-order valence-electron chi connectivity index (χ3n) is 3.14. The van der Waals surface area contributed by atoms with Crippen LogP contribution in [0, 0.1) is 0 Å². The fourth-order valence-electron chi connectivity index (χ4n) is 1.96. The van der Waals surface area contributed by atoms with Crippen LogP contribution in [0.25, 0.3) is 0 Å². The number of rotatable bonds is 10. The molecule has 0 unspecified atom stereocenters. The van der Waals surface area contributed by atoms with E-state index in [9.17, 15) is 4.79 Å². The lowest BCUT2D eigenvalue weighted by Crippen LogP contribution is -2.12. The van der Waals surface area contributed by atoms with Gasteiger partial charge in [-0.1, -0.05) is 12.6 Å². The van der Waals surface area contributed by atoms with Gasteiger partial charge in [0.05, 0.1) is 0 Å². The zero-order valence-corrected chi connectivity index (χ0v) is 16.6. The summed E-state index contributed by atoms with van der Waals surface area (Å²) in [6.07, 6.45) is 1.26. The first-order valence-corrected chi connectivity index (χ1v) is 9.97. The number of benzene rings is 1. The molecular weight excluding hydrogens is 348 g/mol. The number of anilines is 1. The zero-order valence-electron chi connectivity index (χ0n) is 14.8. The summed E-state index contributed by atoms with van der Waals surface area (Å²) in [5, 5.41) is 2.85. The molecule has 0 heterocycles. The number of carbonyl (C=O) groups excluding carboxylic acids is 1. The number of amides is 1. The molecule has 0 aliphatic heterocycles. The van der Waals surface area contributed by atoms with Crippen LogP contribution in [0.4, 0.5) is 5.69 Å². The molecule has 24 heavy (non-hydrogen) atoms. The quantitative estimate of drug-likeness (QED) is 0.486. The molecule has 0 fully saturated rings. The Morgan fingerprint density at radius 3 is 1.71 bits per heavy atom. The maximum atomic E-state index is 11.9. The van der Waals surface area contributed by atoms with Crippen molar-refractivity contribution < 1.29 is 22.9 Å². The van der Waals surface area contributed by atoms with E-state index in [1.54, 1.807) is 35.4 Å². The molecule has 0 aliphatic rings. The summed E-state index contributed by atoms with van der Waals surface area (Å²) in [5.74, 6) is -0.209. The van der Waals surface area contributed by atoms with Gasteiger partial charge in [-0.2, -0.15) is 0 Å². The van der Waals surface area contributed by atoms with E-state index in [-0.39, 0.29) is 5.91 Å². The van der Waals surface area contributed by atoms with Gasteiger partial charge in [0.2, 0.25) is 0 Å². The molecule has 6 nitrogen and oxygen atoms in total. The zero-order chi connectivity index (χ0) is 18.1. The van der Waals surface area contributed by atoms with E-state index >= 15 is 0 Å². The summed E-state index contributed by atoms with van der Waals surface area (Å²) in [6.45, 7) is 5.33. The first-order chi connectivity index (χ1) is 11.4.